The van der Waals surface area contributed by atoms with Crippen LogP contribution in [0.4, 0.5) is 0 Å². The van der Waals surface area contributed by atoms with Crippen molar-refractivity contribution in [2.75, 3.05) is 14.2 Å². The molecule has 112 valence electrons. The van der Waals surface area contributed by atoms with Gasteiger partial charge in [-0.05, 0) is 43.5 Å². The number of benzene rings is 1. The molecule has 0 aromatic heterocycles. The quantitative estimate of drug-likeness (QED) is 0.634. The molecule has 4 nitrogen and oxygen atoms in total. The van der Waals surface area contributed by atoms with E-state index in [1.54, 1.807) is 14.0 Å². The average molecular weight is 288 g/mol. The minimum Gasteiger partial charge on any atom is -0.497 e. The maximum atomic E-state index is 12.2. The fourth-order valence-electron chi connectivity index (χ4n) is 2.80. The monoisotopic (exact) mass is 288 g/mol. The molecular weight excluding hydrogens is 268 g/mol. The van der Waals surface area contributed by atoms with Gasteiger partial charge in [-0.1, -0.05) is 17.7 Å². The summed E-state index contributed by atoms with van der Waals surface area (Å²) in [5.41, 5.74) is 2.76. The minimum absolute atomic E-state index is 0.0534. The third-order valence-electron chi connectivity index (χ3n) is 4.28. The summed E-state index contributed by atoms with van der Waals surface area (Å²) in [6.45, 7) is 3.74. The number of hydrogen-bond acceptors (Lipinski definition) is 4. The Hall–Kier alpha value is -2.10. The minimum atomic E-state index is -0.703. The van der Waals surface area contributed by atoms with Crippen molar-refractivity contribution in [3.8, 4) is 5.75 Å². The molecule has 0 saturated heterocycles. The van der Waals surface area contributed by atoms with E-state index in [-0.39, 0.29) is 11.7 Å². The summed E-state index contributed by atoms with van der Waals surface area (Å²) in [5.74, 6) is -0.438. The van der Waals surface area contributed by atoms with Crippen LogP contribution in [0.3, 0.4) is 0 Å². The van der Waals surface area contributed by atoms with Crippen LogP contribution in [0.1, 0.15) is 31.7 Å². The van der Waals surface area contributed by atoms with E-state index in [2.05, 4.69) is 0 Å². The van der Waals surface area contributed by atoms with Gasteiger partial charge in [-0.2, -0.15) is 0 Å². The average Bonchev–Trinajstić information content (AvgIpc) is 2.52. The molecule has 1 aromatic carbocycles. The Morgan fingerprint density at radius 3 is 2.29 bits per heavy atom. The van der Waals surface area contributed by atoms with Gasteiger partial charge in [-0.25, -0.2) is 0 Å². The Morgan fingerprint density at radius 2 is 1.76 bits per heavy atom. The number of carbonyl (C=O) groups is 2. The zero-order chi connectivity index (χ0) is 15.6. The van der Waals surface area contributed by atoms with E-state index in [0.717, 1.165) is 16.9 Å². The molecule has 1 aromatic rings. The van der Waals surface area contributed by atoms with Crippen LogP contribution in [0, 0.1) is 5.92 Å². The van der Waals surface area contributed by atoms with Crippen LogP contribution in [0.5, 0.6) is 5.75 Å². The molecule has 21 heavy (non-hydrogen) atoms. The Bertz CT molecular complexity index is 583. The Morgan fingerprint density at radius 1 is 1.14 bits per heavy atom. The van der Waals surface area contributed by atoms with E-state index in [4.69, 9.17) is 9.47 Å². The van der Waals surface area contributed by atoms with Crippen LogP contribution in [0.25, 0.3) is 0 Å². The van der Waals surface area contributed by atoms with Gasteiger partial charge >= 0.3 is 5.97 Å². The highest BCUT2D eigenvalue weighted by molar-refractivity contribution is 6.09. The van der Waals surface area contributed by atoms with E-state index in [9.17, 15) is 9.59 Å². The fraction of sp³-hybridized carbons (Fsp3) is 0.412. The topological polar surface area (TPSA) is 52.6 Å². The van der Waals surface area contributed by atoms with E-state index in [0.29, 0.717) is 12.0 Å². The first kappa shape index (κ1) is 15.3. The highest BCUT2D eigenvalue weighted by Gasteiger charge is 2.37. The van der Waals surface area contributed by atoms with Gasteiger partial charge in [0.25, 0.3) is 0 Å². The van der Waals surface area contributed by atoms with Crippen molar-refractivity contribution in [3.63, 3.8) is 0 Å². The van der Waals surface area contributed by atoms with Crippen LogP contribution in [0.15, 0.2) is 35.4 Å². The molecule has 4 heteroatoms. The molecule has 0 radical (unpaired) electrons. The number of ketones is 1. The molecule has 1 aliphatic rings. The molecular formula is C17H20O4. The number of allylic oxidation sites excluding steroid dienone is 2. The molecule has 0 saturated carbocycles. The zero-order valence-corrected chi connectivity index (χ0v) is 12.8. The first-order valence-corrected chi connectivity index (χ1v) is 6.93. The van der Waals surface area contributed by atoms with E-state index in [1.807, 2.05) is 31.2 Å². The van der Waals surface area contributed by atoms with Crippen molar-refractivity contribution in [2.24, 2.45) is 5.92 Å². The first-order chi connectivity index (χ1) is 9.99. The van der Waals surface area contributed by atoms with Gasteiger partial charge in [-0.15, -0.1) is 0 Å². The highest BCUT2D eigenvalue weighted by atomic mass is 16.5. The lowest BCUT2D eigenvalue weighted by atomic mass is 9.74. The fourth-order valence-corrected chi connectivity index (χ4v) is 2.80. The van der Waals surface area contributed by atoms with Crippen molar-refractivity contribution < 1.29 is 19.1 Å². The van der Waals surface area contributed by atoms with Crippen LogP contribution >= 0.6 is 0 Å². The molecule has 0 heterocycles. The lowest BCUT2D eigenvalue weighted by Gasteiger charge is -2.29. The SMILES string of the molecule is COC(=O)C1C[C@H](c2ccc(OC)cc2)C(C)=C(C)C1=O. The van der Waals surface area contributed by atoms with Crippen LogP contribution < -0.4 is 4.74 Å². The summed E-state index contributed by atoms with van der Waals surface area (Å²) < 4.78 is 9.92. The number of rotatable bonds is 3. The number of hydrogen-bond donors (Lipinski definition) is 0. The summed E-state index contributed by atoms with van der Waals surface area (Å²) >= 11 is 0. The molecule has 2 rings (SSSR count). The molecule has 0 fully saturated rings. The van der Waals surface area contributed by atoms with Gasteiger partial charge in [-0.3, -0.25) is 9.59 Å². The molecule has 2 atom stereocenters. The first-order valence-electron chi connectivity index (χ1n) is 6.93. The Labute approximate surface area is 124 Å². The Kier molecular flexibility index (Phi) is 4.46. The lowest BCUT2D eigenvalue weighted by Crippen LogP contribution is -2.32. The van der Waals surface area contributed by atoms with Crippen molar-refractivity contribution in [1.82, 2.24) is 0 Å². The van der Waals surface area contributed by atoms with Crippen molar-refractivity contribution in [3.05, 3.63) is 41.0 Å². The van der Waals surface area contributed by atoms with Gasteiger partial charge in [0.1, 0.15) is 11.7 Å². The number of methoxy groups -OCH3 is 2. The van der Waals surface area contributed by atoms with Gasteiger partial charge in [0.15, 0.2) is 5.78 Å². The van der Waals surface area contributed by atoms with Crippen molar-refractivity contribution in [1.29, 1.82) is 0 Å². The molecule has 0 aliphatic heterocycles. The summed E-state index contributed by atoms with van der Waals surface area (Å²) in [6.07, 6.45) is 0.459. The number of Topliss-reactive ketones (excluding diaryl/α,β-unsaturated/α-hetero) is 1. The van der Waals surface area contributed by atoms with E-state index in [1.165, 1.54) is 7.11 Å². The predicted octanol–water partition coefficient (Wildman–Crippen LogP) is 2.88. The second-order valence-corrected chi connectivity index (χ2v) is 5.31. The summed E-state index contributed by atoms with van der Waals surface area (Å²) in [5, 5.41) is 0. The number of esters is 1. The van der Waals surface area contributed by atoms with Crippen LogP contribution in [-0.2, 0) is 14.3 Å². The van der Waals surface area contributed by atoms with Crippen LogP contribution in [-0.4, -0.2) is 26.0 Å². The Balaban J connectivity index is 2.37. The maximum absolute atomic E-state index is 12.2. The third kappa shape index (κ3) is 2.84. The number of carbonyl (C=O) groups excluding carboxylic acids is 2. The normalized spacial score (nSPS) is 22.2. The second kappa shape index (κ2) is 6.12. The summed E-state index contributed by atoms with van der Waals surface area (Å²) in [6, 6.07) is 7.73. The van der Waals surface area contributed by atoms with Crippen molar-refractivity contribution in [2.45, 2.75) is 26.2 Å². The van der Waals surface area contributed by atoms with E-state index >= 15 is 0 Å². The van der Waals surface area contributed by atoms with Gasteiger partial charge in [0, 0.05) is 5.92 Å². The number of ether oxygens (including phenoxy) is 2. The van der Waals surface area contributed by atoms with Gasteiger partial charge < -0.3 is 9.47 Å². The van der Waals surface area contributed by atoms with Gasteiger partial charge in [0.2, 0.25) is 0 Å². The van der Waals surface area contributed by atoms with Crippen molar-refractivity contribution >= 4 is 11.8 Å². The molecule has 1 aliphatic carbocycles. The lowest BCUT2D eigenvalue weighted by molar-refractivity contribution is -0.149. The molecule has 0 bridgehead atoms. The predicted molar refractivity (Wildman–Crippen MR) is 79.2 cm³/mol. The highest BCUT2D eigenvalue weighted by Crippen LogP contribution is 2.39. The smallest absolute Gasteiger partial charge is 0.316 e. The molecule has 0 N–H and O–H groups in total. The molecule has 1 unspecified atom stereocenters. The van der Waals surface area contributed by atoms with E-state index < -0.39 is 11.9 Å². The maximum Gasteiger partial charge on any atom is 0.316 e. The third-order valence-corrected chi connectivity index (χ3v) is 4.28. The van der Waals surface area contributed by atoms with Gasteiger partial charge in [0.05, 0.1) is 14.2 Å². The van der Waals surface area contributed by atoms with Crippen LogP contribution in [0.2, 0.25) is 0 Å². The second-order valence-electron chi connectivity index (χ2n) is 5.31. The largest absolute Gasteiger partial charge is 0.497 e. The zero-order valence-electron chi connectivity index (χ0n) is 12.8. The molecule has 0 spiro atoms. The summed E-state index contributed by atoms with van der Waals surface area (Å²) in [4.78, 5) is 24.1. The standard InChI is InChI=1S/C17H20O4/c1-10-11(2)16(18)15(17(19)21-4)9-14(10)12-5-7-13(20-3)8-6-12/h5-8,14-15H,9H2,1-4H3/t14-,15?/m0/s1. The molecule has 0 amide bonds. The summed E-state index contributed by atoms with van der Waals surface area (Å²) in [7, 11) is 2.94.